The van der Waals surface area contributed by atoms with Crippen LogP contribution < -0.4 is 5.14 Å². The van der Waals surface area contributed by atoms with Crippen LogP contribution >= 0.6 is 0 Å². The number of hydrogen-bond acceptors (Lipinski definition) is 4. The van der Waals surface area contributed by atoms with Gasteiger partial charge in [0.15, 0.2) is 0 Å². The second kappa shape index (κ2) is 6.57. The summed E-state index contributed by atoms with van der Waals surface area (Å²) in [7, 11) is -3.88. The second-order valence-electron chi connectivity index (χ2n) is 6.40. The van der Waals surface area contributed by atoms with Crippen LogP contribution in [-0.4, -0.2) is 30.8 Å². The van der Waals surface area contributed by atoms with Gasteiger partial charge < -0.3 is 4.90 Å². The standard InChI is InChI=1S/C18H21N3O3S/c1-12-10-15(11-17(13(12)2)25(19,23)24)18(22)21-9-3-4-16(21)14-5-7-20-8-6-14/h5-8,10-11,16H,3-4,9H2,1-2H3,(H2,19,23,24). The van der Waals surface area contributed by atoms with Gasteiger partial charge in [0.05, 0.1) is 10.9 Å². The molecule has 1 unspecified atom stereocenters. The molecule has 0 aliphatic carbocycles. The lowest BCUT2D eigenvalue weighted by molar-refractivity contribution is 0.0735. The maximum Gasteiger partial charge on any atom is 0.254 e. The molecule has 1 fully saturated rings. The van der Waals surface area contributed by atoms with E-state index in [2.05, 4.69) is 4.98 Å². The molecular formula is C18H21N3O3S. The van der Waals surface area contributed by atoms with Crippen LogP contribution in [0.15, 0.2) is 41.6 Å². The predicted octanol–water partition coefficient (Wildman–Crippen LogP) is 2.32. The van der Waals surface area contributed by atoms with Crippen molar-refractivity contribution < 1.29 is 13.2 Å². The third-order valence-electron chi connectivity index (χ3n) is 4.78. The van der Waals surface area contributed by atoms with Crippen molar-refractivity contribution in [1.29, 1.82) is 0 Å². The minimum Gasteiger partial charge on any atom is -0.332 e. The number of aromatic nitrogens is 1. The molecule has 1 aromatic heterocycles. The van der Waals surface area contributed by atoms with E-state index in [4.69, 9.17) is 5.14 Å². The number of hydrogen-bond donors (Lipinski definition) is 1. The van der Waals surface area contributed by atoms with Gasteiger partial charge in [0, 0.05) is 24.5 Å². The van der Waals surface area contributed by atoms with Crippen LogP contribution in [0.5, 0.6) is 0 Å². The topological polar surface area (TPSA) is 93.4 Å². The van der Waals surface area contributed by atoms with E-state index >= 15 is 0 Å². The van der Waals surface area contributed by atoms with Crippen molar-refractivity contribution in [3.05, 3.63) is 58.9 Å². The largest absolute Gasteiger partial charge is 0.332 e. The fourth-order valence-electron chi connectivity index (χ4n) is 3.35. The Balaban J connectivity index is 1.99. The fraction of sp³-hybridized carbons (Fsp3) is 0.333. The van der Waals surface area contributed by atoms with Crippen molar-refractivity contribution in [2.24, 2.45) is 5.14 Å². The van der Waals surface area contributed by atoms with Gasteiger partial charge in [-0.05, 0) is 67.6 Å². The van der Waals surface area contributed by atoms with Gasteiger partial charge in [-0.25, -0.2) is 13.6 Å². The van der Waals surface area contributed by atoms with Gasteiger partial charge in [-0.3, -0.25) is 9.78 Å². The molecule has 1 aliphatic heterocycles. The molecule has 7 heteroatoms. The first kappa shape index (κ1) is 17.6. The Morgan fingerprint density at radius 3 is 2.56 bits per heavy atom. The summed E-state index contributed by atoms with van der Waals surface area (Å²) in [6.07, 6.45) is 5.21. The monoisotopic (exact) mass is 359 g/mol. The average molecular weight is 359 g/mol. The van der Waals surface area contributed by atoms with E-state index < -0.39 is 10.0 Å². The van der Waals surface area contributed by atoms with Gasteiger partial charge in [0.25, 0.3) is 5.91 Å². The zero-order valence-electron chi connectivity index (χ0n) is 14.3. The van der Waals surface area contributed by atoms with Crippen molar-refractivity contribution in [2.75, 3.05) is 6.54 Å². The highest BCUT2D eigenvalue weighted by atomic mass is 32.2. The van der Waals surface area contributed by atoms with Crippen LogP contribution in [0.2, 0.25) is 0 Å². The predicted molar refractivity (Wildman–Crippen MR) is 94.5 cm³/mol. The number of carbonyl (C=O) groups is 1. The molecule has 1 saturated heterocycles. The van der Waals surface area contributed by atoms with E-state index in [1.807, 2.05) is 12.1 Å². The summed E-state index contributed by atoms with van der Waals surface area (Å²) in [5.41, 5.74) is 2.70. The van der Waals surface area contributed by atoms with Crippen LogP contribution in [0.25, 0.3) is 0 Å². The van der Waals surface area contributed by atoms with E-state index in [9.17, 15) is 13.2 Å². The number of benzene rings is 1. The molecule has 3 rings (SSSR count). The maximum atomic E-state index is 13.0. The Morgan fingerprint density at radius 1 is 1.24 bits per heavy atom. The minimum absolute atomic E-state index is 0.00973. The number of nitrogens with two attached hydrogens (primary N) is 1. The lowest BCUT2D eigenvalue weighted by atomic mass is 10.0. The van der Waals surface area contributed by atoms with Crippen LogP contribution in [0, 0.1) is 13.8 Å². The summed E-state index contributed by atoms with van der Waals surface area (Å²) < 4.78 is 23.7. The highest BCUT2D eigenvalue weighted by Gasteiger charge is 2.31. The summed E-state index contributed by atoms with van der Waals surface area (Å²) >= 11 is 0. The molecule has 0 spiro atoms. The number of primary sulfonamides is 1. The first-order valence-electron chi connectivity index (χ1n) is 8.14. The number of rotatable bonds is 3. The number of nitrogens with zero attached hydrogens (tertiary/aromatic N) is 2. The molecule has 1 amide bonds. The zero-order valence-corrected chi connectivity index (χ0v) is 15.1. The van der Waals surface area contributed by atoms with E-state index in [0.717, 1.165) is 24.0 Å². The van der Waals surface area contributed by atoms with Gasteiger partial charge in [-0.1, -0.05) is 0 Å². The molecule has 1 aromatic carbocycles. The minimum atomic E-state index is -3.88. The molecule has 6 nitrogen and oxygen atoms in total. The van der Waals surface area contributed by atoms with Crippen LogP contribution in [0.1, 0.15) is 45.9 Å². The maximum absolute atomic E-state index is 13.0. The van der Waals surface area contributed by atoms with Gasteiger partial charge >= 0.3 is 0 Å². The Hall–Kier alpha value is -2.25. The molecule has 1 aliphatic rings. The highest BCUT2D eigenvalue weighted by Crippen LogP contribution is 2.33. The number of carbonyl (C=O) groups excluding carboxylic acids is 1. The molecule has 2 N–H and O–H groups in total. The van der Waals surface area contributed by atoms with Gasteiger partial charge in [-0.2, -0.15) is 0 Å². The lowest BCUT2D eigenvalue weighted by Gasteiger charge is -2.25. The third-order valence-corrected chi connectivity index (χ3v) is 5.81. The van der Waals surface area contributed by atoms with Crippen molar-refractivity contribution >= 4 is 15.9 Å². The normalized spacial score (nSPS) is 17.7. The van der Waals surface area contributed by atoms with Crippen molar-refractivity contribution in [1.82, 2.24) is 9.88 Å². The SMILES string of the molecule is Cc1cc(C(=O)N2CCCC2c2ccncc2)cc(S(N)(=O)=O)c1C. The van der Waals surface area contributed by atoms with E-state index in [1.165, 1.54) is 6.07 Å². The first-order chi connectivity index (χ1) is 11.8. The van der Waals surface area contributed by atoms with E-state index in [-0.39, 0.29) is 16.8 Å². The Labute approximate surface area is 147 Å². The lowest BCUT2D eigenvalue weighted by Crippen LogP contribution is -2.31. The molecule has 132 valence electrons. The fourth-order valence-corrected chi connectivity index (χ4v) is 4.23. The molecule has 0 radical (unpaired) electrons. The van der Waals surface area contributed by atoms with E-state index in [1.54, 1.807) is 37.2 Å². The molecule has 2 heterocycles. The van der Waals surface area contributed by atoms with Gasteiger partial charge in [0.2, 0.25) is 10.0 Å². The van der Waals surface area contributed by atoms with Crippen LogP contribution in [-0.2, 0) is 10.0 Å². The molecule has 2 aromatic rings. The van der Waals surface area contributed by atoms with Gasteiger partial charge in [0.1, 0.15) is 0 Å². The summed E-state index contributed by atoms with van der Waals surface area (Å²) in [5, 5.41) is 5.31. The molecule has 1 atom stereocenters. The smallest absolute Gasteiger partial charge is 0.254 e. The number of pyridine rings is 1. The van der Waals surface area contributed by atoms with E-state index in [0.29, 0.717) is 17.7 Å². The highest BCUT2D eigenvalue weighted by molar-refractivity contribution is 7.89. The Morgan fingerprint density at radius 2 is 1.92 bits per heavy atom. The van der Waals surface area contributed by atoms with Gasteiger partial charge in [-0.15, -0.1) is 0 Å². The molecule has 25 heavy (non-hydrogen) atoms. The summed E-state index contributed by atoms with van der Waals surface area (Å²) in [5.74, 6) is -0.174. The zero-order chi connectivity index (χ0) is 18.2. The second-order valence-corrected chi connectivity index (χ2v) is 7.93. The Kier molecular flexibility index (Phi) is 4.62. The molecule has 0 bridgehead atoms. The Bertz CT molecular complexity index is 911. The summed E-state index contributed by atoms with van der Waals surface area (Å²) in [6, 6.07) is 6.92. The summed E-state index contributed by atoms with van der Waals surface area (Å²) in [4.78, 5) is 18.9. The first-order valence-corrected chi connectivity index (χ1v) is 9.68. The number of likely N-dealkylation sites (tertiary alicyclic amines) is 1. The van der Waals surface area contributed by atoms with Crippen LogP contribution in [0.4, 0.5) is 0 Å². The quantitative estimate of drug-likeness (QED) is 0.910. The summed E-state index contributed by atoms with van der Waals surface area (Å²) in [6.45, 7) is 4.12. The average Bonchev–Trinajstić information content (AvgIpc) is 3.06. The molecule has 0 saturated carbocycles. The van der Waals surface area contributed by atoms with Crippen LogP contribution in [0.3, 0.4) is 0 Å². The number of sulfonamides is 1. The number of amides is 1. The third kappa shape index (κ3) is 3.43. The molecular weight excluding hydrogens is 338 g/mol. The van der Waals surface area contributed by atoms with Crippen molar-refractivity contribution in [3.8, 4) is 0 Å². The van der Waals surface area contributed by atoms with Crippen molar-refractivity contribution in [2.45, 2.75) is 37.6 Å². The number of aryl methyl sites for hydroxylation is 1. The van der Waals surface area contributed by atoms with Crippen molar-refractivity contribution in [3.63, 3.8) is 0 Å².